The maximum absolute atomic E-state index is 4.16. The molecule has 2 heterocycles. The molecule has 0 amide bonds. The summed E-state index contributed by atoms with van der Waals surface area (Å²) in [6, 6.07) is 4.56. The van der Waals surface area contributed by atoms with Crippen molar-refractivity contribution in [3.63, 3.8) is 0 Å². The molecule has 1 aromatic rings. The van der Waals surface area contributed by atoms with Crippen molar-refractivity contribution in [2.75, 3.05) is 18.1 Å². The predicted molar refractivity (Wildman–Crippen MR) is 70.7 cm³/mol. The van der Waals surface area contributed by atoms with E-state index in [-0.39, 0.29) is 0 Å². The Morgan fingerprint density at radius 2 is 2.31 bits per heavy atom. The summed E-state index contributed by atoms with van der Waals surface area (Å²) in [5.74, 6) is 3.56. The molecule has 0 aliphatic carbocycles. The van der Waals surface area contributed by atoms with Crippen LogP contribution in [0.25, 0.3) is 0 Å². The van der Waals surface area contributed by atoms with E-state index in [4.69, 9.17) is 0 Å². The molecule has 0 aromatic carbocycles. The summed E-state index contributed by atoms with van der Waals surface area (Å²) in [5, 5.41) is 3.62. The average Bonchev–Trinajstić information content (AvgIpc) is 2.38. The normalized spacial score (nSPS) is 19.6. The third-order valence-corrected chi connectivity index (χ3v) is 4.29. The Bertz CT molecular complexity index is 296. The fraction of sp³-hybridized carbons (Fsp3) is 0.615. The minimum absolute atomic E-state index is 0.420. The van der Waals surface area contributed by atoms with Gasteiger partial charge in [0, 0.05) is 18.4 Å². The van der Waals surface area contributed by atoms with Crippen LogP contribution in [0.5, 0.6) is 0 Å². The Balaban J connectivity index is 1.77. The Labute approximate surface area is 102 Å². The largest absolute Gasteiger partial charge is 0.310 e. The van der Waals surface area contributed by atoms with Crippen molar-refractivity contribution in [2.45, 2.75) is 25.8 Å². The van der Waals surface area contributed by atoms with Crippen LogP contribution >= 0.6 is 11.8 Å². The van der Waals surface area contributed by atoms with E-state index in [0.717, 1.165) is 12.5 Å². The first kappa shape index (κ1) is 11.9. The smallest absolute Gasteiger partial charge is 0.0315 e. The molecule has 0 bridgehead atoms. The minimum atomic E-state index is 0.420. The summed E-state index contributed by atoms with van der Waals surface area (Å²) < 4.78 is 0. The van der Waals surface area contributed by atoms with E-state index in [1.165, 1.54) is 29.9 Å². The summed E-state index contributed by atoms with van der Waals surface area (Å²) in [7, 11) is 0. The van der Waals surface area contributed by atoms with Gasteiger partial charge in [-0.05, 0) is 55.4 Å². The summed E-state index contributed by atoms with van der Waals surface area (Å²) in [5.41, 5.74) is 1.28. The predicted octanol–water partition coefficient (Wildman–Crippen LogP) is 2.88. The first-order valence-electron chi connectivity index (χ1n) is 6.07. The van der Waals surface area contributed by atoms with E-state index in [0.29, 0.717) is 6.04 Å². The molecule has 2 rings (SSSR count). The summed E-state index contributed by atoms with van der Waals surface area (Å²) in [4.78, 5) is 4.16. The molecule has 88 valence electrons. The molecule has 1 aromatic heterocycles. The maximum atomic E-state index is 4.16. The van der Waals surface area contributed by atoms with Crippen LogP contribution < -0.4 is 5.32 Å². The number of pyridine rings is 1. The van der Waals surface area contributed by atoms with Crippen LogP contribution in [-0.4, -0.2) is 23.0 Å². The van der Waals surface area contributed by atoms with Gasteiger partial charge in [0.15, 0.2) is 0 Å². The zero-order valence-corrected chi connectivity index (χ0v) is 10.7. The van der Waals surface area contributed by atoms with Gasteiger partial charge >= 0.3 is 0 Å². The lowest BCUT2D eigenvalue weighted by Gasteiger charge is -2.23. The zero-order valence-electron chi connectivity index (χ0n) is 9.86. The van der Waals surface area contributed by atoms with Crippen molar-refractivity contribution in [3.8, 4) is 0 Å². The summed E-state index contributed by atoms with van der Waals surface area (Å²) in [6.07, 6.45) is 6.53. The van der Waals surface area contributed by atoms with E-state index in [9.17, 15) is 0 Å². The fourth-order valence-corrected chi connectivity index (χ4v) is 3.25. The van der Waals surface area contributed by atoms with Crippen molar-refractivity contribution in [2.24, 2.45) is 5.92 Å². The van der Waals surface area contributed by atoms with Gasteiger partial charge < -0.3 is 5.32 Å². The van der Waals surface area contributed by atoms with E-state index in [1.807, 2.05) is 18.5 Å². The van der Waals surface area contributed by atoms with Crippen LogP contribution in [-0.2, 0) is 0 Å². The highest BCUT2D eigenvalue weighted by atomic mass is 32.2. The van der Waals surface area contributed by atoms with Crippen molar-refractivity contribution in [3.05, 3.63) is 30.1 Å². The number of nitrogens with zero attached hydrogens (tertiary/aromatic N) is 1. The minimum Gasteiger partial charge on any atom is -0.310 e. The monoisotopic (exact) mass is 236 g/mol. The van der Waals surface area contributed by atoms with Crippen molar-refractivity contribution >= 4 is 11.8 Å². The molecule has 3 heteroatoms. The Morgan fingerprint density at radius 1 is 1.50 bits per heavy atom. The lowest BCUT2D eigenvalue weighted by atomic mass is 10.0. The number of aromatic nitrogens is 1. The molecule has 16 heavy (non-hydrogen) atoms. The van der Waals surface area contributed by atoms with E-state index < -0.39 is 0 Å². The van der Waals surface area contributed by atoms with Gasteiger partial charge in [-0.3, -0.25) is 4.98 Å². The fourth-order valence-electron chi connectivity index (χ4n) is 2.04. The first-order valence-corrected chi connectivity index (χ1v) is 7.23. The molecule has 1 unspecified atom stereocenters. The molecule has 1 saturated heterocycles. The Morgan fingerprint density at radius 3 is 3.00 bits per heavy atom. The SMILES string of the molecule is CC(NCC1CCSCC1)c1cccnc1. The van der Waals surface area contributed by atoms with E-state index in [1.54, 1.807) is 0 Å². The molecule has 1 fully saturated rings. The molecule has 0 spiro atoms. The van der Waals surface area contributed by atoms with Gasteiger partial charge in [-0.1, -0.05) is 6.07 Å². The molecule has 1 atom stereocenters. The highest BCUT2D eigenvalue weighted by molar-refractivity contribution is 7.99. The van der Waals surface area contributed by atoms with Crippen LogP contribution in [0.2, 0.25) is 0 Å². The van der Waals surface area contributed by atoms with Crippen molar-refractivity contribution in [1.29, 1.82) is 0 Å². The Hall–Kier alpha value is -0.540. The van der Waals surface area contributed by atoms with Gasteiger partial charge in [-0.2, -0.15) is 11.8 Å². The van der Waals surface area contributed by atoms with Crippen LogP contribution in [0.3, 0.4) is 0 Å². The quantitative estimate of drug-likeness (QED) is 0.870. The van der Waals surface area contributed by atoms with Crippen LogP contribution in [0, 0.1) is 5.92 Å². The number of hydrogen-bond acceptors (Lipinski definition) is 3. The summed E-state index contributed by atoms with van der Waals surface area (Å²) in [6.45, 7) is 3.37. The van der Waals surface area contributed by atoms with Crippen molar-refractivity contribution in [1.82, 2.24) is 10.3 Å². The molecule has 1 aliphatic heterocycles. The lowest BCUT2D eigenvalue weighted by Crippen LogP contribution is -2.28. The first-order chi connectivity index (χ1) is 7.86. The second-order valence-corrected chi connectivity index (χ2v) is 5.70. The number of hydrogen-bond donors (Lipinski definition) is 1. The average molecular weight is 236 g/mol. The molecule has 0 radical (unpaired) electrons. The second kappa shape index (κ2) is 6.26. The maximum Gasteiger partial charge on any atom is 0.0315 e. The second-order valence-electron chi connectivity index (χ2n) is 4.47. The van der Waals surface area contributed by atoms with E-state index in [2.05, 4.69) is 35.1 Å². The van der Waals surface area contributed by atoms with Crippen LogP contribution in [0.1, 0.15) is 31.4 Å². The molecular weight excluding hydrogens is 216 g/mol. The third-order valence-electron chi connectivity index (χ3n) is 3.24. The van der Waals surface area contributed by atoms with Gasteiger partial charge in [0.25, 0.3) is 0 Å². The van der Waals surface area contributed by atoms with Crippen LogP contribution in [0.15, 0.2) is 24.5 Å². The Kier molecular flexibility index (Phi) is 4.67. The van der Waals surface area contributed by atoms with Gasteiger partial charge in [-0.15, -0.1) is 0 Å². The molecule has 2 nitrogen and oxygen atoms in total. The van der Waals surface area contributed by atoms with Crippen LogP contribution in [0.4, 0.5) is 0 Å². The zero-order chi connectivity index (χ0) is 11.2. The van der Waals surface area contributed by atoms with Gasteiger partial charge in [0.1, 0.15) is 0 Å². The molecule has 1 N–H and O–H groups in total. The van der Waals surface area contributed by atoms with E-state index >= 15 is 0 Å². The van der Waals surface area contributed by atoms with Gasteiger partial charge in [0.2, 0.25) is 0 Å². The lowest BCUT2D eigenvalue weighted by molar-refractivity contribution is 0.420. The van der Waals surface area contributed by atoms with Gasteiger partial charge in [0.05, 0.1) is 0 Å². The number of nitrogens with one attached hydrogen (secondary N) is 1. The van der Waals surface area contributed by atoms with Crippen molar-refractivity contribution < 1.29 is 0 Å². The number of rotatable bonds is 4. The highest BCUT2D eigenvalue weighted by Gasteiger charge is 2.14. The standard InChI is InChI=1S/C13H20N2S/c1-11(13-3-2-6-14-10-13)15-9-12-4-7-16-8-5-12/h2-3,6,10-12,15H,4-5,7-9H2,1H3. The molecule has 0 saturated carbocycles. The topological polar surface area (TPSA) is 24.9 Å². The van der Waals surface area contributed by atoms with Gasteiger partial charge in [-0.25, -0.2) is 0 Å². The number of thioether (sulfide) groups is 1. The highest BCUT2D eigenvalue weighted by Crippen LogP contribution is 2.22. The third kappa shape index (κ3) is 3.49. The molecule has 1 aliphatic rings. The molecular formula is C13H20N2S. The summed E-state index contributed by atoms with van der Waals surface area (Å²) >= 11 is 2.09.